The lowest BCUT2D eigenvalue weighted by atomic mass is 10.0. The van der Waals surface area contributed by atoms with Crippen LogP contribution in [0.25, 0.3) is 22.0 Å². The summed E-state index contributed by atoms with van der Waals surface area (Å²) in [6.07, 6.45) is 1.81. The van der Waals surface area contributed by atoms with E-state index < -0.39 is 0 Å². The fraction of sp³-hybridized carbons (Fsp3) is 0.333. The molecule has 0 aliphatic carbocycles. The Hall–Kier alpha value is -1.99. The number of nitrogens with one attached hydrogen (secondary N) is 2. The van der Waals surface area contributed by atoms with Gasteiger partial charge in [-0.05, 0) is 30.2 Å². The van der Waals surface area contributed by atoms with Gasteiger partial charge in [0.1, 0.15) is 11.5 Å². The summed E-state index contributed by atoms with van der Waals surface area (Å²) < 4.78 is 10.7. The van der Waals surface area contributed by atoms with E-state index in [-0.39, 0.29) is 12.4 Å². The van der Waals surface area contributed by atoms with Gasteiger partial charge in [-0.25, -0.2) is 9.97 Å². The van der Waals surface area contributed by atoms with Gasteiger partial charge in [0, 0.05) is 35.8 Å². The first-order chi connectivity index (χ1) is 14.0. The average Bonchev–Trinajstić information content (AvgIpc) is 3.13. The molecule has 0 amide bonds. The predicted molar refractivity (Wildman–Crippen MR) is 125 cm³/mol. The minimum absolute atomic E-state index is 0. The number of fused-ring (bicyclic) bond motifs is 1. The Morgan fingerprint density at radius 3 is 2.37 bits per heavy atom. The molecule has 1 aromatic heterocycles. The topological polar surface area (TPSA) is 68.3 Å². The second-order valence-corrected chi connectivity index (χ2v) is 7.89. The molecule has 0 unspecified atom stereocenters. The van der Waals surface area contributed by atoms with Crippen LogP contribution in [-0.2, 0) is 0 Å². The Labute approximate surface area is 191 Å². The van der Waals surface area contributed by atoms with E-state index in [9.17, 15) is 0 Å². The van der Waals surface area contributed by atoms with Gasteiger partial charge >= 0.3 is 0 Å². The van der Waals surface area contributed by atoms with Gasteiger partial charge in [0.2, 0.25) is 5.95 Å². The van der Waals surface area contributed by atoms with Crippen molar-refractivity contribution in [1.82, 2.24) is 15.3 Å². The zero-order valence-corrected chi connectivity index (χ0v) is 19.2. The highest BCUT2D eigenvalue weighted by Crippen LogP contribution is 2.46. The largest absolute Gasteiger partial charge is 0.495 e. The van der Waals surface area contributed by atoms with Crippen LogP contribution in [0.4, 0.5) is 5.95 Å². The molecule has 2 heterocycles. The standard InChI is InChI=1S/C21H22Cl2N4O2.ClH/c1-11-8-24-10-15(11)27-21-25-9-13-6-12(4-5-14(13)26-21)18-19(22)16(28-2)7-17(29-3)20(18)23;/h4-7,9,11,15,24H,8,10H2,1-3H3,(H,25,26,27);1H/t11-,15-;/m1./s1. The van der Waals surface area contributed by atoms with Crippen LogP contribution in [0.2, 0.25) is 10.0 Å². The number of ether oxygens (including phenoxy) is 2. The molecular weight excluding hydrogens is 447 g/mol. The number of rotatable bonds is 5. The summed E-state index contributed by atoms with van der Waals surface area (Å²) in [4.78, 5) is 9.14. The molecule has 1 aliphatic rings. The number of nitrogens with zero attached hydrogens (tertiary/aromatic N) is 2. The van der Waals surface area contributed by atoms with Crippen LogP contribution in [0.5, 0.6) is 11.5 Å². The summed E-state index contributed by atoms with van der Waals surface area (Å²) in [5.74, 6) is 2.16. The maximum atomic E-state index is 6.55. The van der Waals surface area contributed by atoms with Gasteiger partial charge in [-0.1, -0.05) is 36.2 Å². The van der Waals surface area contributed by atoms with Crippen molar-refractivity contribution < 1.29 is 9.47 Å². The van der Waals surface area contributed by atoms with Crippen molar-refractivity contribution in [2.24, 2.45) is 5.92 Å². The van der Waals surface area contributed by atoms with Gasteiger partial charge in [-0.15, -0.1) is 12.4 Å². The van der Waals surface area contributed by atoms with Crippen molar-refractivity contribution in [3.05, 3.63) is 40.5 Å². The number of hydrogen-bond acceptors (Lipinski definition) is 6. The van der Waals surface area contributed by atoms with Crippen LogP contribution in [0.1, 0.15) is 6.92 Å². The van der Waals surface area contributed by atoms with Crippen LogP contribution in [-0.4, -0.2) is 43.3 Å². The normalized spacial score (nSPS) is 18.2. The molecule has 9 heteroatoms. The maximum Gasteiger partial charge on any atom is 0.223 e. The first-order valence-corrected chi connectivity index (χ1v) is 10.1. The zero-order chi connectivity index (χ0) is 20.5. The van der Waals surface area contributed by atoms with E-state index in [1.54, 1.807) is 26.5 Å². The second kappa shape index (κ2) is 9.43. The molecule has 1 saturated heterocycles. The lowest BCUT2D eigenvalue weighted by Gasteiger charge is -2.17. The van der Waals surface area contributed by atoms with Gasteiger partial charge in [0.15, 0.2) is 0 Å². The molecule has 2 N–H and O–H groups in total. The third-order valence-corrected chi connectivity index (χ3v) is 6.02. The number of hydrogen-bond donors (Lipinski definition) is 2. The third kappa shape index (κ3) is 4.23. The summed E-state index contributed by atoms with van der Waals surface area (Å²) >= 11 is 13.1. The smallest absolute Gasteiger partial charge is 0.223 e. The first-order valence-electron chi connectivity index (χ1n) is 9.36. The fourth-order valence-corrected chi connectivity index (χ4v) is 4.29. The number of halogens is 3. The van der Waals surface area contributed by atoms with Gasteiger partial charge in [-0.2, -0.15) is 0 Å². The minimum Gasteiger partial charge on any atom is -0.495 e. The Kier molecular flexibility index (Phi) is 7.14. The molecule has 30 heavy (non-hydrogen) atoms. The maximum absolute atomic E-state index is 6.55. The summed E-state index contributed by atoms with van der Waals surface area (Å²) in [6, 6.07) is 7.84. The molecule has 2 aromatic carbocycles. The number of aromatic nitrogens is 2. The Morgan fingerprint density at radius 1 is 1.07 bits per heavy atom. The van der Waals surface area contributed by atoms with Gasteiger partial charge < -0.3 is 20.1 Å². The van der Waals surface area contributed by atoms with Crippen LogP contribution in [0, 0.1) is 5.92 Å². The van der Waals surface area contributed by atoms with Crippen LogP contribution < -0.4 is 20.1 Å². The van der Waals surface area contributed by atoms with Crippen LogP contribution in [0.3, 0.4) is 0 Å². The highest BCUT2D eigenvalue weighted by atomic mass is 35.5. The molecule has 4 rings (SSSR count). The zero-order valence-electron chi connectivity index (χ0n) is 16.8. The van der Waals surface area contributed by atoms with Crippen LogP contribution in [0.15, 0.2) is 30.5 Å². The molecule has 0 spiro atoms. The van der Waals surface area contributed by atoms with E-state index in [1.165, 1.54) is 0 Å². The molecular formula is C21H23Cl3N4O2. The van der Waals surface area contributed by atoms with Gasteiger partial charge in [-0.3, -0.25) is 0 Å². The van der Waals surface area contributed by atoms with Crippen molar-refractivity contribution >= 4 is 52.5 Å². The Bertz CT molecular complexity index is 1040. The Morgan fingerprint density at radius 2 is 1.77 bits per heavy atom. The molecule has 2 atom stereocenters. The molecule has 0 radical (unpaired) electrons. The third-order valence-electron chi connectivity index (χ3n) is 5.27. The summed E-state index contributed by atoms with van der Waals surface area (Å²) in [5.41, 5.74) is 2.33. The molecule has 3 aromatic rings. The quantitative estimate of drug-likeness (QED) is 0.544. The van der Waals surface area contributed by atoms with Crippen molar-refractivity contribution in [1.29, 1.82) is 0 Å². The van der Waals surface area contributed by atoms with E-state index in [4.69, 9.17) is 32.7 Å². The highest BCUT2D eigenvalue weighted by molar-refractivity contribution is 6.41. The summed E-state index contributed by atoms with van der Waals surface area (Å²) in [6.45, 7) is 4.12. The number of anilines is 1. The highest BCUT2D eigenvalue weighted by Gasteiger charge is 2.23. The monoisotopic (exact) mass is 468 g/mol. The van der Waals surface area contributed by atoms with Crippen LogP contribution >= 0.6 is 35.6 Å². The second-order valence-electron chi connectivity index (χ2n) is 7.14. The molecule has 6 nitrogen and oxygen atoms in total. The van der Waals surface area contributed by atoms with E-state index >= 15 is 0 Å². The number of benzene rings is 2. The Balaban J connectivity index is 0.00000256. The van der Waals surface area contributed by atoms with Gasteiger partial charge in [0.25, 0.3) is 0 Å². The van der Waals surface area contributed by atoms with Crippen molar-refractivity contribution in [3.8, 4) is 22.6 Å². The first kappa shape index (κ1) is 22.7. The van der Waals surface area contributed by atoms with Crippen molar-refractivity contribution in [2.75, 3.05) is 32.6 Å². The molecule has 0 saturated carbocycles. The van der Waals surface area contributed by atoms with Crippen molar-refractivity contribution in [2.45, 2.75) is 13.0 Å². The van der Waals surface area contributed by atoms with Gasteiger partial charge in [0.05, 0.1) is 29.8 Å². The predicted octanol–water partition coefficient (Wildman–Crippen LogP) is 5.06. The average molecular weight is 470 g/mol. The minimum atomic E-state index is 0. The molecule has 0 bridgehead atoms. The fourth-order valence-electron chi connectivity index (χ4n) is 3.57. The van der Waals surface area contributed by atoms with Crippen molar-refractivity contribution in [3.63, 3.8) is 0 Å². The SMILES string of the molecule is COc1cc(OC)c(Cl)c(-c2ccc3nc(N[C@@H]4CNC[C@H]4C)ncc3c2)c1Cl.Cl. The summed E-state index contributed by atoms with van der Waals surface area (Å²) in [5, 5.41) is 8.54. The van der Waals surface area contributed by atoms with E-state index in [1.807, 2.05) is 18.2 Å². The molecule has 160 valence electrons. The molecule has 1 aliphatic heterocycles. The lowest BCUT2D eigenvalue weighted by molar-refractivity contribution is 0.395. The van der Waals surface area contributed by atoms with E-state index in [0.717, 1.165) is 29.6 Å². The van der Waals surface area contributed by atoms with E-state index in [2.05, 4.69) is 27.5 Å². The van der Waals surface area contributed by atoms with E-state index in [0.29, 0.717) is 45.0 Å². The number of methoxy groups -OCH3 is 2. The molecule has 1 fully saturated rings. The lowest BCUT2D eigenvalue weighted by Crippen LogP contribution is -2.27. The summed E-state index contributed by atoms with van der Waals surface area (Å²) in [7, 11) is 3.11.